The Labute approximate surface area is 112 Å². The number of benzene rings is 1. The number of anilines is 2. The highest BCUT2D eigenvalue weighted by molar-refractivity contribution is 5.93. The van der Waals surface area contributed by atoms with Gasteiger partial charge in [0.25, 0.3) is 0 Å². The molecule has 2 rings (SSSR count). The zero-order valence-corrected chi connectivity index (χ0v) is 11.3. The number of nitrogens with zero attached hydrogens (tertiary/aromatic N) is 3. The maximum absolute atomic E-state index is 7.49. The molecule has 0 saturated heterocycles. The van der Waals surface area contributed by atoms with Crippen LogP contribution in [0.15, 0.2) is 30.3 Å². The summed E-state index contributed by atoms with van der Waals surface area (Å²) in [7, 11) is 1.90. The Morgan fingerprint density at radius 2 is 1.89 bits per heavy atom. The van der Waals surface area contributed by atoms with E-state index in [9.17, 15) is 0 Å². The predicted octanol–water partition coefficient (Wildman–Crippen LogP) is 2.15. The Kier molecular flexibility index (Phi) is 3.46. The van der Waals surface area contributed by atoms with Gasteiger partial charge in [-0.25, -0.2) is 9.97 Å². The average Bonchev–Trinajstić information content (AvgIpc) is 2.37. The minimum Gasteiger partial charge on any atom is -0.382 e. The second-order valence-electron chi connectivity index (χ2n) is 4.45. The molecule has 0 fully saturated rings. The molecule has 2 aromatic rings. The zero-order chi connectivity index (χ0) is 14.0. The molecule has 0 aliphatic carbocycles. The molecule has 1 aromatic carbocycles. The third kappa shape index (κ3) is 2.70. The molecular formula is C14H17N5. The van der Waals surface area contributed by atoms with E-state index in [0.29, 0.717) is 11.6 Å². The smallest absolute Gasteiger partial charge is 0.230 e. The molecule has 0 spiro atoms. The molecule has 5 heteroatoms. The number of rotatable bonds is 3. The lowest BCUT2D eigenvalue weighted by molar-refractivity contribution is 0.999. The van der Waals surface area contributed by atoms with Gasteiger partial charge in [0.15, 0.2) is 0 Å². The summed E-state index contributed by atoms with van der Waals surface area (Å²) in [5, 5.41) is 7.49. The molecule has 0 aliphatic heterocycles. The fraction of sp³-hybridized carbons (Fsp3) is 0.214. The average molecular weight is 255 g/mol. The van der Waals surface area contributed by atoms with Crippen molar-refractivity contribution in [3.63, 3.8) is 0 Å². The number of hydrogen-bond acceptors (Lipinski definition) is 4. The van der Waals surface area contributed by atoms with E-state index in [0.717, 1.165) is 16.9 Å². The number of nitrogens with one attached hydrogen (secondary N) is 1. The molecule has 5 nitrogen and oxygen atoms in total. The van der Waals surface area contributed by atoms with Gasteiger partial charge in [-0.05, 0) is 31.5 Å². The van der Waals surface area contributed by atoms with Crippen molar-refractivity contribution < 1.29 is 0 Å². The number of nitrogens with two attached hydrogens (primary N) is 1. The first-order chi connectivity index (χ1) is 8.99. The van der Waals surface area contributed by atoms with Crippen molar-refractivity contribution in [3.8, 4) is 0 Å². The molecule has 3 N–H and O–H groups in total. The van der Waals surface area contributed by atoms with Crippen molar-refractivity contribution in [2.24, 2.45) is 5.73 Å². The Morgan fingerprint density at radius 3 is 2.53 bits per heavy atom. The van der Waals surface area contributed by atoms with Crippen LogP contribution in [-0.4, -0.2) is 22.9 Å². The summed E-state index contributed by atoms with van der Waals surface area (Å²) in [4.78, 5) is 10.6. The molecule has 98 valence electrons. The van der Waals surface area contributed by atoms with E-state index >= 15 is 0 Å². The summed E-state index contributed by atoms with van der Waals surface area (Å²) < 4.78 is 0. The van der Waals surface area contributed by atoms with Crippen molar-refractivity contribution in [2.45, 2.75) is 13.8 Å². The summed E-state index contributed by atoms with van der Waals surface area (Å²) >= 11 is 0. The van der Waals surface area contributed by atoms with E-state index in [1.54, 1.807) is 6.07 Å². The van der Waals surface area contributed by atoms with Gasteiger partial charge in [-0.15, -0.1) is 0 Å². The van der Waals surface area contributed by atoms with E-state index in [1.165, 1.54) is 0 Å². The van der Waals surface area contributed by atoms with Crippen LogP contribution in [0.4, 0.5) is 11.6 Å². The number of amidine groups is 1. The van der Waals surface area contributed by atoms with E-state index in [-0.39, 0.29) is 5.84 Å². The molecule has 0 amide bonds. The molecular weight excluding hydrogens is 238 g/mol. The van der Waals surface area contributed by atoms with Crippen LogP contribution in [0, 0.1) is 19.3 Å². The number of aromatic nitrogens is 2. The Bertz CT molecular complexity index is 621. The van der Waals surface area contributed by atoms with Crippen LogP contribution in [0.5, 0.6) is 0 Å². The summed E-state index contributed by atoms with van der Waals surface area (Å²) in [5.41, 5.74) is 8.90. The molecule has 1 aromatic heterocycles. The highest BCUT2D eigenvalue weighted by atomic mass is 15.2. The van der Waals surface area contributed by atoms with Gasteiger partial charge < -0.3 is 10.6 Å². The highest BCUT2D eigenvalue weighted by Gasteiger charge is 2.12. The quantitative estimate of drug-likeness (QED) is 0.650. The fourth-order valence-electron chi connectivity index (χ4n) is 1.89. The lowest BCUT2D eigenvalue weighted by Crippen LogP contribution is -2.19. The summed E-state index contributed by atoms with van der Waals surface area (Å²) in [6, 6.07) is 9.71. The molecule has 0 aliphatic rings. The van der Waals surface area contributed by atoms with Crippen LogP contribution in [-0.2, 0) is 0 Å². The van der Waals surface area contributed by atoms with E-state index < -0.39 is 0 Å². The molecule has 0 radical (unpaired) electrons. The van der Waals surface area contributed by atoms with Crippen LogP contribution in [0.25, 0.3) is 0 Å². The van der Waals surface area contributed by atoms with Gasteiger partial charge in [0.2, 0.25) is 5.95 Å². The summed E-state index contributed by atoms with van der Waals surface area (Å²) in [6.45, 7) is 3.90. The van der Waals surface area contributed by atoms with Crippen LogP contribution >= 0.6 is 0 Å². The van der Waals surface area contributed by atoms with Gasteiger partial charge in [-0.3, -0.25) is 5.41 Å². The lowest BCUT2D eigenvalue weighted by Gasteiger charge is -2.20. The predicted molar refractivity (Wildman–Crippen MR) is 77.0 cm³/mol. The molecule has 0 saturated carbocycles. The molecule has 19 heavy (non-hydrogen) atoms. The van der Waals surface area contributed by atoms with Crippen LogP contribution in [0.3, 0.4) is 0 Å². The number of aryl methyl sites for hydroxylation is 2. The minimum absolute atomic E-state index is 0.0510. The van der Waals surface area contributed by atoms with Crippen molar-refractivity contribution in [1.82, 2.24) is 9.97 Å². The molecule has 1 heterocycles. The van der Waals surface area contributed by atoms with Gasteiger partial charge in [0.1, 0.15) is 11.5 Å². The van der Waals surface area contributed by atoms with Crippen LogP contribution < -0.4 is 10.6 Å². The fourth-order valence-corrected chi connectivity index (χ4v) is 1.89. The van der Waals surface area contributed by atoms with Gasteiger partial charge in [-0.2, -0.15) is 0 Å². The first kappa shape index (κ1) is 13.0. The van der Waals surface area contributed by atoms with Crippen LogP contribution in [0.1, 0.15) is 17.0 Å². The first-order valence-electron chi connectivity index (χ1n) is 5.98. The maximum atomic E-state index is 7.49. The number of nitrogen functional groups attached to an aromatic ring is 1. The van der Waals surface area contributed by atoms with Gasteiger partial charge >= 0.3 is 0 Å². The standard InChI is InChI=1S/C14H17N5/c1-9-6-4-5-7-12(9)19(3)14-17-10(2)8-11(18-14)13(15)16/h4-8H,1-3H3,(H3,15,16). The molecule has 0 bridgehead atoms. The van der Waals surface area contributed by atoms with Crippen molar-refractivity contribution in [2.75, 3.05) is 11.9 Å². The Morgan fingerprint density at radius 1 is 1.21 bits per heavy atom. The van der Waals surface area contributed by atoms with Crippen LogP contribution in [0.2, 0.25) is 0 Å². The molecule has 0 unspecified atom stereocenters. The zero-order valence-electron chi connectivity index (χ0n) is 11.3. The van der Waals surface area contributed by atoms with Crippen molar-refractivity contribution >= 4 is 17.5 Å². The van der Waals surface area contributed by atoms with Crippen molar-refractivity contribution in [3.05, 3.63) is 47.3 Å². The minimum atomic E-state index is -0.0510. The number of hydrogen-bond donors (Lipinski definition) is 2. The van der Waals surface area contributed by atoms with Gasteiger partial charge in [-0.1, -0.05) is 18.2 Å². The third-order valence-electron chi connectivity index (χ3n) is 2.90. The summed E-state index contributed by atoms with van der Waals surface area (Å²) in [6.07, 6.45) is 0. The highest BCUT2D eigenvalue weighted by Crippen LogP contribution is 2.23. The SMILES string of the molecule is Cc1cc(C(=N)N)nc(N(C)c2ccccc2C)n1. The van der Waals surface area contributed by atoms with Crippen molar-refractivity contribution in [1.29, 1.82) is 5.41 Å². The maximum Gasteiger partial charge on any atom is 0.230 e. The number of para-hydroxylation sites is 1. The largest absolute Gasteiger partial charge is 0.382 e. The third-order valence-corrected chi connectivity index (χ3v) is 2.90. The van der Waals surface area contributed by atoms with Gasteiger partial charge in [0.05, 0.1) is 0 Å². The second kappa shape index (κ2) is 5.06. The lowest BCUT2D eigenvalue weighted by atomic mass is 10.2. The van der Waals surface area contributed by atoms with E-state index in [2.05, 4.69) is 9.97 Å². The second-order valence-corrected chi connectivity index (χ2v) is 4.45. The normalized spacial score (nSPS) is 10.3. The van der Waals surface area contributed by atoms with E-state index in [4.69, 9.17) is 11.1 Å². The van der Waals surface area contributed by atoms with E-state index in [1.807, 2.05) is 50.1 Å². The first-order valence-corrected chi connectivity index (χ1v) is 5.98. The molecule has 0 atom stereocenters. The monoisotopic (exact) mass is 255 g/mol. The Balaban J connectivity index is 2.47. The van der Waals surface area contributed by atoms with Gasteiger partial charge in [0, 0.05) is 18.4 Å². The Hall–Kier alpha value is -2.43. The summed E-state index contributed by atoms with van der Waals surface area (Å²) in [5.74, 6) is 0.490. The topological polar surface area (TPSA) is 78.9 Å².